The van der Waals surface area contributed by atoms with E-state index in [2.05, 4.69) is 11.9 Å². The Balaban J connectivity index is 1.96. The van der Waals surface area contributed by atoms with E-state index in [0.717, 1.165) is 46.5 Å². The third-order valence-electron chi connectivity index (χ3n) is 5.31. The van der Waals surface area contributed by atoms with E-state index in [-0.39, 0.29) is 17.2 Å². The zero-order valence-corrected chi connectivity index (χ0v) is 15.5. The van der Waals surface area contributed by atoms with E-state index in [1.54, 1.807) is 6.20 Å². The molecule has 27 heavy (non-hydrogen) atoms. The molecule has 0 bridgehead atoms. The van der Waals surface area contributed by atoms with Crippen molar-refractivity contribution in [1.82, 2.24) is 4.98 Å². The molecule has 1 N–H and O–H groups in total. The molecule has 4 rings (SSSR count). The summed E-state index contributed by atoms with van der Waals surface area (Å²) in [6.45, 7) is 6.04. The SMILES string of the molecule is Cc1cc(C)c(-c2ccc3c(c2C)N(C2CC2)C=C(C(=O)O)C3=C=O)cn1. The van der Waals surface area contributed by atoms with E-state index in [1.807, 2.05) is 49.1 Å². The largest absolute Gasteiger partial charge is 0.478 e. The zero-order chi connectivity index (χ0) is 19.3. The Morgan fingerprint density at radius 2 is 1.89 bits per heavy atom. The van der Waals surface area contributed by atoms with Gasteiger partial charge in [-0.05, 0) is 56.4 Å². The molecule has 1 saturated carbocycles. The molecule has 0 saturated heterocycles. The van der Waals surface area contributed by atoms with Crippen LogP contribution in [0.15, 0.2) is 36.2 Å². The van der Waals surface area contributed by atoms with Gasteiger partial charge in [-0.3, -0.25) is 4.98 Å². The number of carbonyl (C=O) groups is 1. The highest BCUT2D eigenvalue weighted by Crippen LogP contribution is 2.46. The molecule has 1 aromatic heterocycles. The van der Waals surface area contributed by atoms with Crippen LogP contribution in [0.2, 0.25) is 0 Å². The summed E-state index contributed by atoms with van der Waals surface area (Å²) >= 11 is 0. The summed E-state index contributed by atoms with van der Waals surface area (Å²) in [5, 5.41) is 9.55. The first-order chi connectivity index (χ1) is 12.9. The van der Waals surface area contributed by atoms with Crippen molar-refractivity contribution in [2.45, 2.75) is 39.7 Å². The first kappa shape index (κ1) is 17.3. The second-order valence-electron chi connectivity index (χ2n) is 7.24. The van der Waals surface area contributed by atoms with E-state index < -0.39 is 5.97 Å². The Hall–Kier alpha value is -3.17. The number of aliphatic carboxylic acids is 1. The van der Waals surface area contributed by atoms with Crippen LogP contribution in [0.1, 0.15) is 35.2 Å². The summed E-state index contributed by atoms with van der Waals surface area (Å²) in [4.78, 5) is 29.7. The number of carboxylic acid groups (broad SMARTS) is 1. The van der Waals surface area contributed by atoms with Gasteiger partial charge in [0, 0.05) is 35.3 Å². The minimum absolute atomic E-state index is 0.00438. The molecule has 2 aromatic rings. The number of anilines is 1. The van der Waals surface area contributed by atoms with Crippen LogP contribution in [0.3, 0.4) is 0 Å². The number of hydrogen-bond donors (Lipinski definition) is 1. The van der Waals surface area contributed by atoms with E-state index in [0.29, 0.717) is 5.56 Å². The van der Waals surface area contributed by atoms with Crippen LogP contribution in [0, 0.1) is 20.8 Å². The summed E-state index contributed by atoms with van der Waals surface area (Å²) < 4.78 is 0. The van der Waals surface area contributed by atoms with Crippen molar-refractivity contribution in [1.29, 1.82) is 0 Å². The van der Waals surface area contributed by atoms with Gasteiger partial charge < -0.3 is 10.0 Å². The molecule has 2 heterocycles. The number of benzene rings is 1. The number of pyridine rings is 1. The van der Waals surface area contributed by atoms with Gasteiger partial charge in [0.2, 0.25) is 0 Å². The minimum atomic E-state index is -1.11. The molecule has 0 atom stereocenters. The molecular formula is C22H20N2O3. The maximum atomic E-state index is 11.7. The number of rotatable bonds is 3. The second kappa shape index (κ2) is 6.22. The third-order valence-corrected chi connectivity index (χ3v) is 5.31. The van der Waals surface area contributed by atoms with Crippen molar-refractivity contribution in [3.63, 3.8) is 0 Å². The second-order valence-corrected chi connectivity index (χ2v) is 7.24. The van der Waals surface area contributed by atoms with E-state index in [4.69, 9.17) is 0 Å². The molecule has 0 amide bonds. The predicted octanol–water partition coefficient (Wildman–Crippen LogP) is 3.84. The van der Waals surface area contributed by atoms with Crippen molar-refractivity contribution >= 4 is 23.2 Å². The highest BCUT2D eigenvalue weighted by Gasteiger charge is 2.37. The monoisotopic (exact) mass is 360 g/mol. The van der Waals surface area contributed by atoms with Crippen molar-refractivity contribution < 1.29 is 14.7 Å². The normalized spacial score (nSPS) is 15.9. The van der Waals surface area contributed by atoms with E-state index in [9.17, 15) is 14.7 Å². The lowest BCUT2D eigenvalue weighted by Crippen LogP contribution is -2.27. The Bertz CT molecular complexity index is 1060. The average Bonchev–Trinajstić information content (AvgIpc) is 3.46. The summed E-state index contributed by atoms with van der Waals surface area (Å²) in [5.74, 6) is 0.749. The molecule has 1 aromatic carbocycles. The third kappa shape index (κ3) is 2.77. The molecule has 0 radical (unpaired) electrons. The summed E-state index contributed by atoms with van der Waals surface area (Å²) in [7, 11) is 0. The van der Waals surface area contributed by atoms with Crippen LogP contribution < -0.4 is 4.90 Å². The molecule has 0 unspecified atom stereocenters. The zero-order valence-electron chi connectivity index (χ0n) is 15.5. The van der Waals surface area contributed by atoms with Gasteiger partial charge in [0.25, 0.3) is 0 Å². The van der Waals surface area contributed by atoms with Crippen molar-refractivity contribution in [3.05, 3.63) is 58.6 Å². The highest BCUT2D eigenvalue weighted by atomic mass is 16.4. The van der Waals surface area contributed by atoms with Crippen molar-refractivity contribution in [2.24, 2.45) is 0 Å². The smallest absolute Gasteiger partial charge is 0.338 e. The van der Waals surface area contributed by atoms with Crippen molar-refractivity contribution in [3.8, 4) is 11.1 Å². The molecule has 5 heteroatoms. The van der Waals surface area contributed by atoms with Gasteiger partial charge in [-0.1, -0.05) is 12.1 Å². The molecule has 136 valence electrons. The summed E-state index contributed by atoms with van der Waals surface area (Å²) in [6.07, 6.45) is 5.49. The fraction of sp³-hybridized carbons (Fsp3) is 0.273. The number of nitrogens with zero attached hydrogens (tertiary/aromatic N) is 2. The van der Waals surface area contributed by atoms with E-state index in [1.165, 1.54) is 0 Å². The molecule has 5 nitrogen and oxygen atoms in total. The molecule has 1 aliphatic carbocycles. The average molecular weight is 360 g/mol. The number of hydrogen-bond acceptors (Lipinski definition) is 4. The summed E-state index contributed by atoms with van der Waals surface area (Å²) in [5.41, 5.74) is 6.85. The fourth-order valence-corrected chi connectivity index (χ4v) is 3.83. The van der Waals surface area contributed by atoms with Crippen LogP contribution in [-0.2, 0) is 9.59 Å². The van der Waals surface area contributed by atoms with Crippen LogP contribution in [-0.4, -0.2) is 28.0 Å². The molecule has 2 aliphatic rings. The Labute approximate surface area is 157 Å². The van der Waals surface area contributed by atoms with Gasteiger partial charge in [-0.2, -0.15) is 0 Å². The van der Waals surface area contributed by atoms with Crippen LogP contribution in [0.25, 0.3) is 16.7 Å². The first-order valence-electron chi connectivity index (χ1n) is 8.99. The van der Waals surface area contributed by atoms with E-state index >= 15 is 0 Å². The number of aryl methyl sites for hydroxylation is 2. The van der Waals surface area contributed by atoms with Crippen LogP contribution in [0.4, 0.5) is 5.69 Å². The lowest BCUT2D eigenvalue weighted by atomic mass is 9.87. The molecule has 0 spiro atoms. The van der Waals surface area contributed by atoms with Gasteiger partial charge in [0.1, 0.15) is 5.94 Å². The van der Waals surface area contributed by atoms with Gasteiger partial charge >= 0.3 is 5.97 Å². The molecule has 1 aliphatic heterocycles. The van der Waals surface area contributed by atoms with Crippen LogP contribution in [0.5, 0.6) is 0 Å². The molecular weight excluding hydrogens is 340 g/mol. The van der Waals surface area contributed by atoms with Gasteiger partial charge in [-0.25, -0.2) is 9.59 Å². The van der Waals surface area contributed by atoms with Crippen LogP contribution >= 0.6 is 0 Å². The maximum Gasteiger partial charge on any atom is 0.338 e. The van der Waals surface area contributed by atoms with Crippen molar-refractivity contribution in [2.75, 3.05) is 4.90 Å². The maximum absolute atomic E-state index is 11.7. The highest BCUT2D eigenvalue weighted by molar-refractivity contribution is 6.16. The number of fused-ring (bicyclic) bond motifs is 1. The predicted molar refractivity (Wildman–Crippen MR) is 104 cm³/mol. The quantitative estimate of drug-likeness (QED) is 0.842. The number of carbonyl (C=O) groups excluding carboxylic acids is 1. The van der Waals surface area contributed by atoms with Gasteiger partial charge in [0.05, 0.1) is 16.8 Å². The Morgan fingerprint density at radius 1 is 1.19 bits per heavy atom. The lowest BCUT2D eigenvalue weighted by Gasteiger charge is -2.31. The minimum Gasteiger partial charge on any atom is -0.478 e. The number of carboxylic acids is 1. The first-order valence-corrected chi connectivity index (χ1v) is 8.99. The molecule has 1 fully saturated rings. The lowest BCUT2D eigenvalue weighted by molar-refractivity contribution is -0.132. The van der Waals surface area contributed by atoms with Gasteiger partial charge in [0.15, 0.2) is 0 Å². The Morgan fingerprint density at radius 3 is 2.48 bits per heavy atom. The van der Waals surface area contributed by atoms with Gasteiger partial charge in [-0.15, -0.1) is 0 Å². The topological polar surface area (TPSA) is 70.5 Å². The summed E-state index contributed by atoms with van der Waals surface area (Å²) in [6, 6.07) is 6.10. The Kier molecular flexibility index (Phi) is 3.97. The standard InChI is InChI=1S/C22H20N2O3/c1-12-8-13(2)23-9-18(12)16-6-7-17-20(11-25)19(22(26)27)10-24(15-4-5-15)21(17)14(16)3/h6-10,15H,4-5H2,1-3H3,(H,26,27). The fourth-order valence-electron chi connectivity index (χ4n) is 3.83. The number of aromatic nitrogens is 1.